The van der Waals surface area contributed by atoms with Crippen molar-refractivity contribution in [3.8, 4) is 0 Å². The predicted octanol–water partition coefficient (Wildman–Crippen LogP) is 2.76. The number of nitrogens with zero attached hydrogens (tertiary/aromatic N) is 2. The quantitative estimate of drug-likeness (QED) is 0.834. The molecule has 2 rings (SSSR count). The molecule has 0 N–H and O–H groups in total. The molecule has 1 fully saturated rings. The Morgan fingerprint density at radius 3 is 2.62 bits per heavy atom. The molecule has 0 unspecified atom stereocenters. The highest BCUT2D eigenvalue weighted by atomic mass is 19.3. The van der Waals surface area contributed by atoms with Crippen LogP contribution in [0.5, 0.6) is 0 Å². The second-order valence-corrected chi connectivity index (χ2v) is 5.47. The zero-order chi connectivity index (χ0) is 15.2. The Bertz CT molecular complexity index is 453. The summed E-state index contributed by atoms with van der Waals surface area (Å²) in [4.78, 5) is 15.9. The molecule has 1 atom stereocenters. The van der Waals surface area contributed by atoms with E-state index in [4.69, 9.17) is 0 Å². The Morgan fingerprint density at radius 1 is 1.29 bits per heavy atom. The molecule has 0 aromatic heterocycles. The first-order valence-corrected chi connectivity index (χ1v) is 7.44. The lowest BCUT2D eigenvalue weighted by atomic mass is 10.1. The number of hydrogen-bond donors (Lipinski definition) is 0. The molecule has 1 aromatic carbocycles. The van der Waals surface area contributed by atoms with Crippen LogP contribution in [0.2, 0.25) is 0 Å². The van der Waals surface area contributed by atoms with Crippen LogP contribution in [0, 0.1) is 0 Å². The van der Waals surface area contributed by atoms with Gasteiger partial charge in [-0.3, -0.25) is 9.69 Å². The second-order valence-electron chi connectivity index (χ2n) is 5.47. The summed E-state index contributed by atoms with van der Waals surface area (Å²) in [5.74, 6) is 0.0578. The molecule has 0 bridgehead atoms. The van der Waals surface area contributed by atoms with Gasteiger partial charge in [0.05, 0.1) is 6.54 Å². The second kappa shape index (κ2) is 7.50. The number of rotatable bonds is 5. The molecule has 0 aliphatic carbocycles. The third-order valence-electron chi connectivity index (χ3n) is 3.94. The molecule has 5 heteroatoms. The number of amides is 1. The predicted molar refractivity (Wildman–Crippen MR) is 78.1 cm³/mol. The van der Waals surface area contributed by atoms with Gasteiger partial charge in [-0.25, -0.2) is 8.78 Å². The van der Waals surface area contributed by atoms with Gasteiger partial charge in [-0.05, 0) is 12.0 Å². The van der Waals surface area contributed by atoms with Crippen LogP contribution < -0.4 is 0 Å². The van der Waals surface area contributed by atoms with Gasteiger partial charge in [0, 0.05) is 32.1 Å². The molecule has 1 aliphatic rings. The van der Waals surface area contributed by atoms with Crippen LogP contribution in [-0.4, -0.2) is 47.8 Å². The summed E-state index contributed by atoms with van der Waals surface area (Å²) in [5, 5.41) is 0. The van der Waals surface area contributed by atoms with Gasteiger partial charge in [0.1, 0.15) is 0 Å². The molecule has 116 valence electrons. The maximum atomic E-state index is 12.6. The number of benzene rings is 1. The molecule has 0 saturated carbocycles. The van der Waals surface area contributed by atoms with Crippen molar-refractivity contribution < 1.29 is 13.6 Å². The van der Waals surface area contributed by atoms with Gasteiger partial charge < -0.3 is 4.90 Å². The Hall–Kier alpha value is -1.49. The van der Waals surface area contributed by atoms with Gasteiger partial charge in [0.2, 0.25) is 5.91 Å². The fourth-order valence-corrected chi connectivity index (χ4v) is 2.80. The van der Waals surface area contributed by atoms with Crippen LogP contribution in [0.15, 0.2) is 30.3 Å². The number of carbonyl (C=O) groups is 1. The van der Waals surface area contributed by atoms with Gasteiger partial charge in [0.15, 0.2) is 0 Å². The van der Waals surface area contributed by atoms with E-state index in [-0.39, 0.29) is 18.5 Å². The Balaban J connectivity index is 2.09. The molecule has 1 saturated heterocycles. The fraction of sp³-hybridized carbons (Fsp3) is 0.562. The van der Waals surface area contributed by atoms with Crippen LogP contribution in [0.3, 0.4) is 0 Å². The van der Waals surface area contributed by atoms with Crippen molar-refractivity contribution in [2.75, 3.05) is 19.6 Å². The maximum Gasteiger partial charge on any atom is 0.251 e. The summed E-state index contributed by atoms with van der Waals surface area (Å²) in [6, 6.07) is 9.81. The van der Waals surface area contributed by atoms with E-state index in [1.165, 1.54) is 0 Å². The van der Waals surface area contributed by atoms with Gasteiger partial charge in [-0.2, -0.15) is 0 Å². The van der Waals surface area contributed by atoms with Gasteiger partial charge in [-0.1, -0.05) is 37.3 Å². The van der Waals surface area contributed by atoms with Crippen LogP contribution in [0.4, 0.5) is 8.78 Å². The first-order valence-electron chi connectivity index (χ1n) is 7.44. The van der Waals surface area contributed by atoms with Crippen molar-refractivity contribution in [3.63, 3.8) is 0 Å². The van der Waals surface area contributed by atoms with E-state index < -0.39 is 6.43 Å². The summed E-state index contributed by atoms with van der Waals surface area (Å²) in [6.45, 7) is 3.26. The van der Waals surface area contributed by atoms with Crippen LogP contribution in [0.1, 0.15) is 25.3 Å². The van der Waals surface area contributed by atoms with Crippen molar-refractivity contribution in [1.82, 2.24) is 9.80 Å². The minimum absolute atomic E-state index is 0.000967. The normalized spacial score (nSPS) is 20.9. The van der Waals surface area contributed by atoms with E-state index in [2.05, 4.69) is 0 Å². The number of carbonyl (C=O) groups excluding carboxylic acids is 1. The lowest BCUT2D eigenvalue weighted by molar-refractivity contribution is -0.133. The largest absolute Gasteiger partial charge is 0.334 e. The Labute approximate surface area is 124 Å². The van der Waals surface area contributed by atoms with E-state index in [0.29, 0.717) is 26.1 Å². The first kappa shape index (κ1) is 15.9. The molecule has 3 nitrogen and oxygen atoms in total. The molecule has 1 amide bonds. The van der Waals surface area contributed by atoms with E-state index in [9.17, 15) is 13.6 Å². The average Bonchev–Trinajstić information content (AvgIpc) is 2.61. The number of hydrogen-bond acceptors (Lipinski definition) is 2. The standard InChI is InChI=1S/C16H22F2N2O/c1-2-14-11-19(12-15(17)18)9-8-16(21)20(14)10-13-6-4-3-5-7-13/h3-7,14-15H,2,8-12H2,1H3/t14-/m0/s1. The molecule has 21 heavy (non-hydrogen) atoms. The molecule has 1 aliphatic heterocycles. The molecular weight excluding hydrogens is 274 g/mol. The summed E-state index contributed by atoms with van der Waals surface area (Å²) >= 11 is 0. The monoisotopic (exact) mass is 296 g/mol. The number of alkyl halides is 2. The Kier molecular flexibility index (Phi) is 5.67. The first-order chi connectivity index (χ1) is 10.1. The van der Waals surface area contributed by atoms with Crippen LogP contribution in [0.25, 0.3) is 0 Å². The minimum atomic E-state index is -2.35. The van der Waals surface area contributed by atoms with Crippen LogP contribution >= 0.6 is 0 Å². The fourth-order valence-electron chi connectivity index (χ4n) is 2.80. The number of halogens is 2. The maximum absolute atomic E-state index is 12.6. The zero-order valence-electron chi connectivity index (χ0n) is 12.3. The van der Waals surface area contributed by atoms with Crippen molar-refractivity contribution in [1.29, 1.82) is 0 Å². The molecule has 1 heterocycles. The SMILES string of the molecule is CC[C@H]1CN(CC(F)F)CCC(=O)N1Cc1ccccc1. The molecular formula is C16H22F2N2O. The van der Waals surface area contributed by atoms with E-state index in [1.807, 2.05) is 42.2 Å². The van der Waals surface area contributed by atoms with Gasteiger partial charge >= 0.3 is 0 Å². The third-order valence-corrected chi connectivity index (χ3v) is 3.94. The third kappa shape index (κ3) is 4.49. The topological polar surface area (TPSA) is 23.6 Å². The summed E-state index contributed by atoms with van der Waals surface area (Å²) in [7, 11) is 0. The molecule has 0 radical (unpaired) electrons. The average molecular weight is 296 g/mol. The molecule has 0 spiro atoms. The highest BCUT2D eigenvalue weighted by molar-refractivity contribution is 5.77. The lowest BCUT2D eigenvalue weighted by Crippen LogP contribution is -2.43. The highest BCUT2D eigenvalue weighted by Crippen LogP contribution is 2.18. The van der Waals surface area contributed by atoms with Crippen molar-refractivity contribution >= 4 is 5.91 Å². The minimum Gasteiger partial charge on any atom is -0.334 e. The highest BCUT2D eigenvalue weighted by Gasteiger charge is 2.29. The van der Waals surface area contributed by atoms with E-state index in [0.717, 1.165) is 12.0 Å². The summed E-state index contributed by atoms with van der Waals surface area (Å²) < 4.78 is 25.2. The molecule has 1 aromatic rings. The smallest absolute Gasteiger partial charge is 0.251 e. The van der Waals surface area contributed by atoms with E-state index in [1.54, 1.807) is 4.90 Å². The summed E-state index contributed by atoms with van der Waals surface area (Å²) in [6.07, 6.45) is -1.26. The zero-order valence-corrected chi connectivity index (χ0v) is 12.3. The summed E-state index contributed by atoms with van der Waals surface area (Å²) in [5.41, 5.74) is 1.08. The van der Waals surface area contributed by atoms with Crippen LogP contribution in [-0.2, 0) is 11.3 Å². The van der Waals surface area contributed by atoms with Crippen molar-refractivity contribution in [3.05, 3.63) is 35.9 Å². The van der Waals surface area contributed by atoms with Gasteiger partial charge in [-0.15, -0.1) is 0 Å². The van der Waals surface area contributed by atoms with E-state index >= 15 is 0 Å². The Morgan fingerprint density at radius 2 is 2.00 bits per heavy atom. The lowest BCUT2D eigenvalue weighted by Gasteiger charge is -2.31. The van der Waals surface area contributed by atoms with Gasteiger partial charge in [0.25, 0.3) is 6.43 Å². The van der Waals surface area contributed by atoms with Crippen molar-refractivity contribution in [2.45, 2.75) is 38.8 Å². The van der Waals surface area contributed by atoms with Crippen molar-refractivity contribution in [2.24, 2.45) is 0 Å².